The Morgan fingerprint density at radius 1 is 1.39 bits per heavy atom. The van der Waals surface area contributed by atoms with Crippen LogP contribution in [0.15, 0.2) is 6.07 Å². The number of nitrogens with zero attached hydrogens (tertiary/aromatic N) is 3. The average molecular weight is 248 g/mol. The number of aromatic nitrogens is 2. The number of nitriles is 1. The molecule has 0 saturated heterocycles. The van der Waals surface area contributed by atoms with Crippen LogP contribution in [0.1, 0.15) is 45.5 Å². The van der Waals surface area contributed by atoms with Gasteiger partial charge in [-0.05, 0) is 38.8 Å². The van der Waals surface area contributed by atoms with E-state index in [2.05, 4.69) is 36.4 Å². The smallest absolute Gasteiger partial charge is 0.105 e. The zero-order valence-corrected chi connectivity index (χ0v) is 12.0. The zero-order chi connectivity index (χ0) is 13.6. The Hall–Kier alpha value is -1.34. The van der Waals surface area contributed by atoms with Crippen molar-refractivity contribution >= 4 is 0 Å². The van der Waals surface area contributed by atoms with E-state index in [9.17, 15) is 5.26 Å². The normalized spacial score (nSPS) is 14.2. The Morgan fingerprint density at radius 3 is 2.61 bits per heavy atom. The fourth-order valence-electron chi connectivity index (χ4n) is 2.07. The Kier molecular flexibility index (Phi) is 5.36. The Bertz CT molecular complexity index is 416. The van der Waals surface area contributed by atoms with Crippen LogP contribution in [-0.4, -0.2) is 21.9 Å². The summed E-state index contributed by atoms with van der Waals surface area (Å²) in [6, 6.07) is 4.52. The van der Waals surface area contributed by atoms with Gasteiger partial charge in [-0.1, -0.05) is 20.8 Å². The Morgan fingerprint density at radius 2 is 2.11 bits per heavy atom. The largest absolute Gasteiger partial charge is 0.300 e. The maximum Gasteiger partial charge on any atom is 0.105 e. The fraction of sp³-hybridized carbons (Fsp3) is 0.714. The number of nitrogens with one attached hydrogen (secondary N) is 1. The molecule has 1 aromatic rings. The molecule has 1 rings (SSSR count). The lowest BCUT2D eigenvalue weighted by Gasteiger charge is -2.22. The lowest BCUT2D eigenvalue weighted by atomic mass is 10.00. The molecule has 0 aliphatic heterocycles. The second kappa shape index (κ2) is 6.55. The van der Waals surface area contributed by atoms with E-state index < -0.39 is 5.54 Å². The third kappa shape index (κ3) is 3.58. The van der Waals surface area contributed by atoms with Gasteiger partial charge >= 0.3 is 0 Å². The third-order valence-corrected chi connectivity index (χ3v) is 3.28. The van der Waals surface area contributed by atoms with Gasteiger partial charge in [-0.3, -0.25) is 10.00 Å². The standard InChI is InChI=1S/C14H24N4/c1-5-12-10-13(6-2)18(17-12)9-8-14(4,11-15)16-7-3/h10,16H,5-9H2,1-4H3. The highest BCUT2D eigenvalue weighted by Gasteiger charge is 2.22. The minimum Gasteiger partial charge on any atom is -0.300 e. The lowest BCUT2D eigenvalue weighted by molar-refractivity contribution is 0.386. The molecule has 1 unspecified atom stereocenters. The Balaban J connectivity index is 2.73. The van der Waals surface area contributed by atoms with Gasteiger partial charge in [0.25, 0.3) is 0 Å². The minimum absolute atomic E-state index is 0.460. The highest BCUT2D eigenvalue weighted by Crippen LogP contribution is 2.13. The van der Waals surface area contributed by atoms with Crippen molar-refractivity contribution < 1.29 is 0 Å². The molecule has 0 amide bonds. The first-order valence-electron chi connectivity index (χ1n) is 6.80. The van der Waals surface area contributed by atoms with Gasteiger partial charge in [0.05, 0.1) is 11.8 Å². The van der Waals surface area contributed by atoms with Crippen molar-refractivity contribution in [1.82, 2.24) is 15.1 Å². The van der Waals surface area contributed by atoms with Crippen molar-refractivity contribution in [3.8, 4) is 6.07 Å². The van der Waals surface area contributed by atoms with Crippen LogP contribution in [0, 0.1) is 11.3 Å². The summed E-state index contributed by atoms with van der Waals surface area (Å²) in [6.45, 7) is 9.83. The molecule has 0 fully saturated rings. The number of aryl methyl sites for hydroxylation is 3. The molecule has 1 N–H and O–H groups in total. The number of rotatable bonds is 7. The van der Waals surface area contributed by atoms with E-state index in [-0.39, 0.29) is 0 Å². The predicted octanol–water partition coefficient (Wildman–Crippen LogP) is 2.29. The van der Waals surface area contributed by atoms with Crippen LogP contribution in [0.2, 0.25) is 0 Å². The van der Waals surface area contributed by atoms with Gasteiger partial charge in [-0.25, -0.2) is 0 Å². The van der Waals surface area contributed by atoms with Gasteiger partial charge in [0, 0.05) is 12.2 Å². The molecule has 1 aromatic heterocycles. The van der Waals surface area contributed by atoms with Gasteiger partial charge in [-0.15, -0.1) is 0 Å². The SMILES string of the molecule is CCNC(C)(C#N)CCn1nc(CC)cc1CC. The molecule has 0 aliphatic rings. The zero-order valence-electron chi connectivity index (χ0n) is 12.0. The van der Waals surface area contributed by atoms with Crippen molar-refractivity contribution in [3.05, 3.63) is 17.5 Å². The second-order valence-electron chi connectivity index (χ2n) is 4.78. The molecule has 0 bridgehead atoms. The summed E-state index contributed by atoms with van der Waals surface area (Å²) in [4.78, 5) is 0. The van der Waals surface area contributed by atoms with E-state index in [1.807, 2.05) is 18.5 Å². The molecular weight excluding hydrogens is 224 g/mol. The Labute approximate surface area is 110 Å². The first-order valence-corrected chi connectivity index (χ1v) is 6.80. The van der Waals surface area contributed by atoms with Gasteiger partial charge in [-0.2, -0.15) is 10.4 Å². The molecule has 0 saturated carbocycles. The molecule has 0 radical (unpaired) electrons. The van der Waals surface area contributed by atoms with E-state index in [0.29, 0.717) is 0 Å². The van der Waals surface area contributed by atoms with Crippen LogP contribution < -0.4 is 5.32 Å². The van der Waals surface area contributed by atoms with Crippen LogP contribution in [-0.2, 0) is 19.4 Å². The molecule has 100 valence electrons. The molecule has 0 aromatic carbocycles. The van der Waals surface area contributed by atoms with Gasteiger partial charge in [0.15, 0.2) is 0 Å². The first kappa shape index (κ1) is 14.7. The molecular formula is C14H24N4. The molecule has 0 spiro atoms. The second-order valence-corrected chi connectivity index (χ2v) is 4.78. The van der Waals surface area contributed by atoms with Gasteiger partial charge < -0.3 is 0 Å². The summed E-state index contributed by atoms with van der Waals surface area (Å²) in [7, 11) is 0. The molecule has 1 atom stereocenters. The van der Waals surface area contributed by atoms with E-state index in [4.69, 9.17) is 0 Å². The van der Waals surface area contributed by atoms with Gasteiger partial charge in [0.1, 0.15) is 5.54 Å². The van der Waals surface area contributed by atoms with E-state index in [1.165, 1.54) is 5.69 Å². The predicted molar refractivity (Wildman–Crippen MR) is 73.3 cm³/mol. The summed E-state index contributed by atoms with van der Waals surface area (Å²) >= 11 is 0. The summed E-state index contributed by atoms with van der Waals surface area (Å²) in [5.41, 5.74) is 1.93. The molecule has 1 heterocycles. The highest BCUT2D eigenvalue weighted by molar-refractivity contribution is 5.11. The fourth-order valence-corrected chi connectivity index (χ4v) is 2.07. The van der Waals surface area contributed by atoms with Crippen molar-refractivity contribution in [2.75, 3.05) is 6.54 Å². The van der Waals surface area contributed by atoms with E-state index in [0.717, 1.165) is 38.0 Å². The maximum atomic E-state index is 9.23. The summed E-state index contributed by atoms with van der Waals surface area (Å²) in [5.74, 6) is 0. The summed E-state index contributed by atoms with van der Waals surface area (Å²) < 4.78 is 2.05. The quantitative estimate of drug-likeness (QED) is 0.805. The van der Waals surface area contributed by atoms with Crippen molar-refractivity contribution in [3.63, 3.8) is 0 Å². The third-order valence-electron chi connectivity index (χ3n) is 3.28. The van der Waals surface area contributed by atoms with Crippen LogP contribution in [0.25, 0.3) is 0 Å². The van der Waals surface area contributed by atoms with Crippen molar-refractivity contribution in [2.45, 2.75) is 59.0 Å². The maximum absolute atomic E-state index is 9.23. The van der Waals surface area contributed by atoms with Crippen molar-refractivity contribution in [1.29, 1.82) is 5.26 Å². The van der Waals surface area contributed by atoms with E-state index >= 15 is 0 Å². The monoisotopic (exact) mass is 248 g/mol. The molecule has 18 heavy (non-hydrogen) atoms. The minimum atomic E-state index is -0.460. The molecule has 0 aliphatic carbocycles. The summed E-state index contributed by atoms with van der Waals surface area (Å²) in [5, 5.41) is 17.0. The average Bonchev–Trinajstić information content (AvgIpc) is 2.79. The molecule has 4 heteroatoms. The van der Waals surface area contributed by atoms with Crippen LogP contribution in [0.3, 0.4) is 0 Å². The number of hydrogen-bond acceptors (Lipinski definition) is 3. The topological polar surface area (TPSA) is 53.6 Å². The summed E-state index contributed by atoms with van der Waals surface area (Å²) in [6.07, 6.45) is 2.72. The molecule has 4 nitrogen and oxygen atoms in total. The van der Waals surface area contributed by atoms with Crippen molar-refractivity contribution in [2.24, 2.45) is 0 Å². The van der Waals surface area contributed by atoms with Crippen LogP contribution in [0.4, 0.5) is 0 Å². The first-order chi connectivity index (χ1) is 8.58. The highest BCUT2D eigenvalue weighted by atomic mass is 15.3. The van der Waals surface area contributed by atoms with E-state index in [1.54, 1.807) is 0 Å². The van der Waals surface area contributed by atoms with Gasteiger partial charge in [0.2, 0.25) is 0 Å². The lowest BCUT2D eigenvalue weighted by Crippen LogP contribution is -2.41. The van der Waals surface area contributed by atoms with Crippen LogP contribution >= 0.6 is 0 Å². The van der Waals surface area contributed by atoms with Crippen LogP contribution in [0.5, 0.6) is 0 Å². The number of hydrogen-bond donors (Lipinski definition) is 1.